The van der Waals surface area contributed by atoms with Gasteiger partial charge in [0.25, 0.3) is 15.9 Å². The number of amides is 1. The number of sulfonamides is 1. The summed E-state index contributed by atoms with van der Waals surface area (Å²) in [5, 5.41) is 4.37. The summed E-state index contributed by atoms with van der Waals surface area (Å²) >= 11 is 12.2. The number of ether oxygens (including phenoxy) is 1. The Morgan fingerprint density at radius 3 is 2.48 bits per heavy atom. The Bertz CT molecular complexity index is 1610. The average Bonchev–Trinajstić information content (AvgIpc) is 2.94. The van der Waals surface area contributed by atoms with E-state index in [0.717, 1.165) is 16.3 Å². The summed E-state index contributed by atoms with van der Waals surface area (Å²) in [4.78, 5) is 29.6. The number of aromatic nitrogens is 1. The molecule has 4 rings (SSSR count). The molecule has 0 saturated heterocycles. The predicted octanol–water partition coefficient (Wildman–Crippen LogP) is 6.01. The van der Waals surface area contributed by atoms with Gasteiger partial charge in [0.15, 0.2) is 0 Å². The van der Waals surface area contributed by atoms with Crippen LogP contribution in [-0.4, -0.2) is 38.4 Å². The lowest BCUT2D eigenvalue weighted by atomic mass is 10.0. The summed E-state index contributed by atoms with van der Waals surface area (Å²) in [5.74, 6) is -0.992. The number of esters is 1. The van der Waals surface area contributed by atoms with E-state index in [1.165, 1.54) is 18.2 Å². The van der Waals surface area contributed by atoms with Crippen molar-refractivity contribution in [3.63, 3.8) is 0 Å². The number of benzene rings is 3. The third-order valence-electron chi connectivity index (χ3n) is 6.03. The molecule has 11 heteroatoms. The molecule has 0 aliphatic heterocycles. The van der Waals surface area contributed by atoms with Gasteiger partial charge in [-0.1, -0.05) is 60.8 Å². The number of rotatable bonds is 11. The highest BCUT2D eigenvalue weighted by molar-refractivity contribution is 7.92. The van der Waals surface area contributed by atoms with Crippen LogP contribution < -0.4 is 9.62 Å². The zero-order chi connectivity index (χ0) is 28.7. The number of fused-ring (bicyclic) bond motifs is 1. The number of hydrogen-bond acceptors (Lipinski definition) is 6. The first-order valence-electron chi connectivity index (χ1n) is 12.5. The van der Waals surface area contributed by atoms with E-state index in [1.54, 1.807) is 54.9 Å². The number of nitrogens with one attached hydrogen (secondary N) is 1. The fourth-order valence-electron chi connectivity index (χ4n) is 4.02. The Balaban J connectivity index is 1.69. The van der Waals surface area contributed by atoms with Crippen LogP contribution in [0.1, 0.15) is 35.7 Å². The zero-order valence-corrected chi connectivity index (χ0v) is 24.0. The molecular weight excluding hydrogens is 573 g/mol. The minimum atomic E-state index is -4.28. The molecule has 3 aromatic carbocycles. The summed E-state index contributed by atoms with van der Waals surface area (Å²) in [7, 11) is -4.28. The van der Waals surface area contributed by atoms with Crippen molar-refractivity contribution in [1.82, 2.24) is 10.3 Å². The van der Waals surface area contributed by atoms with E-state index in [9.17, 15) is 18.0 Å². The minimum absolute atomic E-state index is 0.136. The van der Waals surface area contributed by atoms with Gasteiger partial charge in [-0.05, 0) is 65.2 Å². The van der Waals surface area contributed by atoms with Crippen molar-refractivity contribution < 1.29 is 22.7 Å². The molecule has 0 spiro atoms. The molecule has 4 aromatic rings. The Morgan fingerprint density at radius 1 is 1.00 bits per heavy atom. The zero-order valence-electron chi connectivity index (χ0n) is 21.6. The van der Waals surface area contributed by atoms with Crippen molar-refractivity contribution in [2.75, 3.05) is 17.5 Å². The molecule has 1 heterocycles. The molecule has 0 aliphatic rings. The van der Waals surface area contributed by atoms with Crippen LogP contribution in [0.3, 0.4) is 0 Å². The van der Waals surface area contributed by atoms with Crippen LogP contribution in [0.25, 0.3) is 10.8 Å². The van der Waals surface area contributed by atoms with Crippen LogP contribution in [0, 0.1) is 0 Å². The van der Waals surface area contributed by atoms with Crippen LogP contribution in [0.15, 0.2) is 84.0 Å². The lowest BCUT2D eigenvalue weighted by molar-refractivity contribution is -0.141. The first-order valence-corrected chi connectivity index (χ1v) is 14.7. The standard InChI is InChI=1S/C29H27Cl2N3O5S/c1-2-3-12-39-28(35)19-34(40(37,38)25-15-22(30)14-23(31)16-25)24-9-10-26-21(13-24)7-4-8-27(26)29(36)33-18-20-6-5-11-32-17-20/h4-11,13-17H,2-3,12,18-19H2,1H3,(H,33,36). The molecule has 1 N–H and O–H groups in total. The topological polar surface area (TPSA) is 106 Å². The molecule has 0 radical (unpaired) electrons. The maximum Gasteiger partial charge on any atom is 0.326 e. The molecule has 8 nitrogen and oxygen atoms in total. The Morgan fingerprint density at radius 2 is 1.77 bits per heavy atom. The molecule has 0 bridgehead atoms. The number of carbonyl (C=O) groups excluding carboxylic acids is 2. The van der Waals surface area contributed by atoms with Crippen molar-refractivity contribution >= 4 is 61.6 Å². The van der Waals surface area contributed by atoms with Crippen LogP contribution >= 0.6 is 23.2 Å². The van der Waals surface area contributed by atoms with E-state index < -0.39 is 22.5 Å². The fraction of sp³-hybridized carbons (Fsp3) is 0.207. The second-order valence-electron chi connectivity index (χ2n) is 8.95. The minimum Gasteiger partial charge on any atom is -0.464 e. The molecule has 1 aromatic heterocycles. The SMILES string of the molecule is CCCCOC(=O)CN(c1ccc2c(C(=O)NCc3cccnc3)cccc2c1)S(=O)(=O)c1cc(Cl)cc(Cl)c1. The summed E-state index contributed by atoms with van der Waals surface area (Å²) in [6, 6.07) is 17.6. The van der Waals surface area contributed by atoms with E-state index in [1.807, 2.05) is 13.0 Å². The number of anilines is 1. The first kappa shape index (κ1) is 29.3. The van der Waals surface area contributed by atoms with Crippen molar-refractivity contribution in [1.29, 1.82) is 0 Å². The van der Waals surface area contributed by atoms with Gasteiger partial charge in [0.2, 0.25) is 0 Å². The van der Waals surface area contributed by atoms with Crippen LogP contribution in [0.2, 0.25) is 10.0 Å². The molecule has 1 amide bonds. The second-order valence-corrected chi connectivity index (χ2v) is 11.7. The number of nitrogens with zero attached hydrogens (tertiary/aromatic N) is 2. The van der Waals surface area contributed by atoms with Gasteiger partial charge in [-0.2, -0.15) is 0 Å². The van der Waals surface area contributed by atoms with Crippen molar-refractivity contribution in [2.45, 2.75) is 31.2 Å². The number of hydrogen-bond donors (Lipinski definition) is 1. The predicted molar refractivity (Wildman–Crippen MR) is 156 cm³/mol. The summed E-state index contributed by atoms with van der Waals surface area (Å²) in [5.41, 5.74) is 1.48. The quantitative estimate of drug-likeness (QED) is 0.167. The Labute approximate surface area is 242 Å². The normalized spacial score (nSPS) is 11.3. The average molecular weight is 601 g/mol. The molecule has 0 atom stereocenters. The molecular formula is C29H27Cl2N3O5S. The molecule has 0 saturated carbocycles. The molecule has 0 aliphatic carbocycles. The maximum atomic E-state index is 13.8. The van der Waals surface area contributed by atoms with Gasteiger partial charge in [-0.25, -0.2) is 8.42 Å². The van der Waals surface area contributed by atoms with E-state index in [2.05, 4.69) is 10.3 Å². The van der Waals surface area contributed by atoms with Gasteiger partial charge in [-0.3, -0.25) is 18.9 Å². The van der Waals surface area contributed by atoms with Gasteiger partial charge < -0.3 is 10.1 Å². The van der Waals surface area contributed by atoms with Gasteiger partial charge in [0.1, 0.15) is 6.54 Å². The van der Waals surface area contributed by atoms with Crippen molar-refractivity contribution in [3.8, 4) is 0 Å². The van der Waals surface area contributed by atoms with E-state index >= 15 is 0 Å². The summed E-state index contributed by atoms with van der Waals surface area (Å²) in [6.45, 7) is 1.87. The lowest BCUT2D eigenvalue weighted by Crippen LogP contribution is -2.36. The largest absolute Gasteiger partial charge is 0.464 e. The van der Waals surface area contributed by atoms with E-state index in [4.69, 9.17) is 27.9 Å². The van der Waals surface area contributed by atoms with Crippen molar-refractivity contribution in [3.05, 3.63) is 100 Å². The third kappa shape index (κ3) is 7.10. The monoisotopic (exact) mass is 599 g/mol. The van der Waals surface area contributed by atoms with Crippen LogP contribution in [0.5, 0.6) is 0 Å². The van der Waals surface area contributed by atoms with Crippen molar-refractivity contribution in [2.24, 2.45) is 0 Å². The lowest BCUT2D eigenvalue weighted by Gasteiger charge is -2.24. The highest BCUT2D eigenvalue weighted by Gasteiger charge is 2.29. The maximum absolute atomic E-state index is 13.8. The molecule has 0 fully saturated rings. The van der Waals surface area contributed by atoms with Gasteiger partial charge in [-0.15, -0.1) is 0 Å². The van der Waals surface area contributed by atoms with Crippen LogP contribution in [0.4, 0.5) is 5.69 Å². The fourth-order valence-corrected chi connectivity index (χ4v) is 6.15. The molecule has 208 valence electrons. The van der Waals surface area contributed by atoms with E-state index in [-0.39, 0.29) is 33.1 Å². The Hall–Kier alpha value is -3.66. The highest BCUT2D eigenvalue weighted by Crippen LogP contribution is 2.31. The first-order chi connectivity index (χ1) is 19.2. The summed E-state index contributed by atoms with van der Waals surface area (Å²) < 4.78 is 33.7. The number of carbonyl (C=O) groups is 2. The highest BCUT2D eigenvalue weighted by atomic mass is 35.5. The van der Waals surface area contributed by atoms with Gasteiger partial charge in [0.05, 0.1) is 17.2 Å². The summed E-state index contributed by atoms with van der Waals surface area (Å²) in [6.07, 6.45) is 4.80. The third-order valence-corrected chi connectivity index (χ3v) is 8.22. The van der Waals surface area contributed by atoms with E-state index in [0.29, 0.717) is 29.3 Å². The van der Waals surface area contributed by atoms with Gasteiger partial charge in [0, 0.05) is 34.5 Å². The smallest absolute Gasteiger partial charge is 0.326 e. The number of halogens is 2. The van der Waals surface area contributed by atoms with Gasteiger partial charge >= 0.3 is 5.97 Å². The van der Waals surface area contributed by atoms with Crippen LogP contribution in [-0.2, 0) is 26.1 Å². The molecule has 0 unspecified atom stereocenters. The second kappa shape index (κ2) is 13.1. The molecule has 40 heavy (non-hydrogen) atoms. The number of pyridine rings is 1. The number of unbranched alkanes of at least 4 members (excludes halogenated alkanes) is 1. The Kier molecular flexibility index (Phi) is 9.63.